The van der Waals surface area contributed by atoms with Crippen LogP contribution in [-0.2, 0) is 21.2 Å². The molecule has 1 atom stereocenters. The van der Waals surface area contributed by atoms with E-state index in [4.69, 9.17) is 4.74 Å². The lowest BCUT2D eigenvalue weighted by atomic mass is 10.0. The van der Waals surface area contributed by atoms with Gasteiger partial charge < -0.3 is 9.64 Å². The summed E-state index contributed by atoms with van der Waals surface area (Å²) >= 11 is 0. The van der Waals surface area contributed by atoms with Gasteiger partial charge in [0.05, 0.1) is 12.0 Å². The second-order valence-corrected chi connectivity index (χ2v) is 8.36. The number of ether oxygens (including phenoxy) is 1. The van der Waals surface area contributed by atoms with E-state index in [9.17, 15) is 13.2 Å². The Bertz CT molecular complexity index is 956. The predicted octanol–water partition coefficient (Wildman–Crippen LogP) is 3.03. The quantitative estimate of drug-likeness (QED) is 0.854. The van der Waals surface area contributed by atoms with Crippen LogP contribution in [0.1, 0.15) is 37.4 Å². The number of nitrogens with zero attached hydrogens (tertiary/aromatic N) is 1. The van der Waals surface area contributed by atoms with Crippen LogP contribution in [0.25, 0.3) is 0 Å². The summed E-state index contributed by atoms with van der Waals surface area (Å²) in [5.74, 6) is 0.602. The van der Waals surface area contributed by atoms with Crippen LogP contribution in [-0.4, -0.2) is 28.0 Å². The van der Waals surface area contributed by atoms with Gasteiger partial charge in [-0.25, -0.2) is 13.1 Å². The molecule has 1 amide bonds. The van der Waals surface area contributed by atoms with E-state index in [0.29, 0.717) is 12.3 Å². The van der Waals surface area contributed by atoms with E-state index in [2.05, 4.69) is 4.72 Å². The summed E-state index contributed by atoms with van der Waals surface area (Å²) in [6.45, 7) is 3.97. The Morgan fingerprint density at radius 3 is 2.67 bits per heavy atom. The zero-order chi connectivity index (χ0) is 19.6. The number of sulfonamides is 1. The fourth-order valence-corrected chi connectivity index (χ4v) is 4.73. The molecule has 0 aromatic heterocycles. The maximum atomic E-state index is 12.9. The Kier molecular flexibility index (Phi) is 5.53. The van der Waals surface area contributed by atoms with Gasteiger partial charge in [0.2, 0.25) is 15.9 Å². The van der Waals surface area contributed by atoms with Gasteiger partial charge in [0.15, 0.2) is 0 Å². The summed E-state index contributed by atoms with van der Waals surface area (Å²) in [6, 6.07) is 11.8. The third-order valence-electron chi connectivity index (χ3n) is 4.80. The van der Waals surface area contributed by atoms with E-state index >= 15 is 0 Å². The second kappa shape index (κ2) is 7.70. The average Bonchev–Trinajstić information content (AvgIpc) is 2.66. The Hall–Kier alpha value is -2.38. The largest absolute Gasteiger partial charge is 0.496 e. The van der Waals surface area contributed by atoms with Crippen molar-refractivity contribution in [1.29, 1.82) is 0 Å². The molecular formula is C20H24N2O4S. The molecule has 1 aliphatic rings. The average molecular weight is 388 g/mol. The lowest BCUT2D eigenvalue weighted by molar-refractivity contribution is -0.116. The molecule has 0 saturated carbocycles. The van der Waals surface area contributed by atoms with Crippen LogP contribution in [0, 0.1) is 0 Å². The van der Waals surface area contributed by atoms with Gasteiger partial charge in [-0.1, -0.05) is 18.2 Å². The number of rotatable bonds is 5. The Morgan fingerprint density at radius 2 is 1.96 bits per heavy atom. The molecule has 1 unspecified atom stereocenters. The number of carbonyl (C=O) groups excluding carboxylic acids is 1. The number of hydrogen-bond acceptors (Lipinski definition) is 4. The van der Waals surface area contributed by atoms with E-state index in [1.54, 1.807) is 43.2 Å². The van der Waals surface area contributed by atoms with Crippen LogP contribution in [0.4, 0.5) is 5.69 Å². The summed E-state index contributed by atoms with van der Waals surface area (Å²) in [7, 11) is -2.15. The third kappa shape index (κ3) is 3.99. The Morgan fingerprint density at radius 1 is 1.22 bits per heavy atom. The zero-order valence-electron chi connectivity index (χ0n) is 15.7. The minimum atomic E-state index is -3.71. The van der Waals surface area contributed by atoms with Crippen molar-refractivity contribution in [3.8, 4) is 5.75 Å². The smallest absolute Gasteiger partial charge is 0.241 e. The molecule has 0 radical (unpaired) electrons. The summed E-state index contributed by atoms with van der Waals surface area (Å²) in [4.78, 5) is 13.7. The van der Waals surface area contributed by atoms with Gasteiger partial charge in [0.1, 0.15) is 5.75 Å². The fourth-order valence-electron chi connectivity index (χ4n) is 3.46. The first kappa shape index (κ1) is 19.4. The molecule has 0 fully saturated rings. The lowest BCUT2D eigenvalue weighted by Gasteiger charge is -2.29. The van der Waals surface area contributed by atoms with E-state index < -0.39 is 16.1 Å². The number of para-hydroxylation sites is 1. The lowest BCUT2D eigenvalue weighted by Crippen LogP contribution is -2.34. The number of amides is 1. The van der Waals surface area contributed by atoms with Crippen molar-refractivity contribution in [2.45, 2.75) is 37.6 Å². The molecule has 0 saturated heterocycles. The SMILES string of the molecule is COc1ccccc1C(C)NS(=O)(=O)c1ccc2c(c1)CCCN2C(C)=O. The molecule has 0 bridgehead atoms. The van der Waals surface area contributed by atoms with Gasteiger partial charge >= 0.3 is 0 Å². The van der Waals surface area contributed by atoms with Crippen molar-refractivity contribution in [3.63, 3.8) is 0 Å². The first-order valence-corrected chi connectivity index (χ1v) is 10.4. The minimum Gasteiger partial charge on any atom is -0.496 e. The number of carbonyl (C=O) groups is 1. The topological polar surface area (TPSA) is 75.7 Å². The number of methoxy groups -OCH3 is 1. The molecule has 1 N–H and O–H groups in total. The molecule has 7 heteroatoms. The summed E-state index contributed by atoms with van der Waals surface area (Å²) in [5.41, 5.74) is 2.44. The van der Waals surface area contributed by atoms with Crippen LogP contribution in [0.2, 0.25) is 0 Å². The van der Waals surface area contributed by atoms with Gasteiger partial charge in [-0.05, 0) is 49.6 Å². The standard InChI is InChI=1S/C20H24N2O4S/c1-14(18-8-4-5-9-20(18)26-3)21-27(24,25)17-10-11-19-16(13-17)7-6-12-22(19)15(2)23/h4-5,8-11,13-14,21H,6-7,12H2,1-3H3. The van der Waals surface area contributed by atoms with Crippen LogP contribution in [0.5, 0.6) is 5.75 Å². The highest BCUT2D eigenvalue weighted by Gasteiger charge is 2.25. The first-order chi connectivity index (χ1) is 12.8. The fraction of sp³-hybridized carbons (Fsp3) is 0.350. The molecule has 1 heterocycles. The Labute approximate surface area is 160 Å². The molecule has 2 aromatic carbocycles. The van der Waals surface area contributed by atoms with Crippen LogP contribution < -0.4 is 14.4 Å². The second-order valence-electron chi connectivity index (χ2n) is 6.65. The van der Waals surface area contributed by atoms with E-state index in [1.807, 2.05) is 18.2 Å². The highest BCUT2D eigenvalue weighted by Crippen LogP contribution is 2.31. The molecule has 6 nitrogen and oxygen atoms in total. The van der Waals surface area contributed by atoms with Crippen molar-refractivity contribution < 1.29 is 17.9 Å². The Balaban J connectivity index is 1.88. The van der Waals surface area contributed by atoms with E-state index in [-0.39, 0.29) is 10.8 Å². The maximum absolute atomic E-state index is 12.9. The summed E-state index contributed by atoms with van der Waals surface area (Å²) < 4.78 is 33.8. The van der Waals surface area contributed by atoms with E-state index in [0.717, 1.165) is 29.7 Å². The van der Waals surface area contributed by atoms with Crippen molar-refractivity contribution in [2.75, 3.05) is 18.6 Å². The predicted molar refractivity (Wildman–Crippen MR) is 105 cm³/mol. The molecule has 3 rings (SSSR count). The van der Waals surface area contributed by atoms with Crippen molar-refractivity contribution >= 4 is 21.6 Å². The zero-order valence-corrected chi connectivity index (χ0v) is 16.5. The number of aryl methyl sites for hydroxylation is 1. The normalized spacial score (nSPS) is 15.1. The highest BCUT2D eigenvalue weighted by molar-refractivity contribution is 7.89. The van der Waals surface area contributed by atoms with Gasteiger partial charge in [0, 0.05) is 30.8 Å². The maximum Gasteiger partial charge on any atom is 0.241 e. The van der Waals surface area contributed by atoms with Crippen molar-refractivity contribution in [3.05, 3.63) is 53.6 Å². The molecule has 144 valence electrons. The number of anilines is 1. The highest BCUT2D eigenvalue weighted by atomic mass is 32.2. The molecule has 2 aromatic rings. The number of benzene rings is 2. The van der Waals surface area contributed by atoms with Crippen LogP contribution >= 0.6 is 0 Å². The van der Waals surface area contributed by atoms with Gasteiger partial charge in [-0.2, -0.15) is 0 Å². The minimum absolute atomic E-state index is 0.0329. The van der Waals surface area contributed by atoms with Crippen LogP contribution in [0.15, 0.2) is 47.4 Å². The summed E-state index contributed by atoms with van der Waals surface area (Å²) in [6.07, 6.45) is 1.58. The molecule has 1 aliphatic heterocycles. The summed E-state index contributed by atoms with van der Waals surface area (Å²) in [5, 5.41) is 0. The van der Waals surface area contributed by atoms with Gasteiger partial charge in [-0.15, -0.1) is 0 Å². The van der Waals surface area contributed by atoms with E-state index in [1.165, 1.54) is 6.92 Å². The molecule has 0 spiro atoms. The number of hydrogen-bond donors (Lipinski definition) is 1. The molecular weight excluding hydrogens is 364 g/mol. The number of fused-ring (bicyclic) bond motifs is 1. The van der Waals surface area contributed by atoms with Crippen molar-refractivity contribution in [2.24, 2.45) is 0 Å². The third-order valence-corrected chi connectivity index (χ3v) is 6.34. The van der Waals surface area contributed by atoms with Gasteiger partial charge in [-0.3, -0.25) is 4.79 Å². The van der Waals surface area contributed by atoms with Gasteiger partial charge in [0.25, 0.3) is 0 Å². The monoisotopic (exact) mass is 388 g/mol. The van der Waals surface area contributed by atoms with Crippen LogP contribution in [0.3, 0.4) is 0 Å². The number of nitrogens with one attached hydrogen (secondary N) is 1. The van der Waals surface area contributed by atoms with Crippen molar-refractivity contribution in [1.82, 2.24) is 4.72 Å². The molecule has 27 heavy (non-hydrogen) atoms. The first-order valence-electron chi connectivity index (χ1n) is 8.90. The molecule has 0 aliphatic carbocycles.